The van der Waals surface area contributed by atoms with Crippen LogP contribution in [0.2, 0.25) is 0 Å². The largest absolute Gasteiger partial charge is 0.492 e. The lowest BCUT2D eigenvalue weighted by Crippen LogP contribution is -2.48. The molecule has 1 aliphatic heterocycles. The molecule has 2 aliphatic rings. The molecule has 1 amide bonds. The number of aromatic nitrogens is 1. The molecule has 1 saturated carbocycles. The van der Waals surface area contributed by atoms with Gasteiger partial charge in [0.25, 0.3) is 5.91 Å². The molecule has 2 aromatic carbocycles. The minimum atomic E-state index is -3.45. The molecule has 0 radical (unpaired) electrons. The summed E-state index contributed by atoms with van der Waals surface area (Å²) in [6.07, 6.45) is 5.50. The molecular formula is C27H32N4O4S. The molecular weight excluding hydrogens is 476 g/mol. The first kappa shape index (κ1) is 24.5. The lowest BCUT2D eigenvalue weighted by molar-refractivity contribution is 0.0767. The first-order valence-electron chi connectivity index (χ1n) is 12.2. The zero-order valence-electron chi connectivity index (χ0n) is 21.1. The van der Waals surface area contributed by atoms with Gasteiger partial charge in [0, 0.05) is 30.2 Å². The fourth-order valence-electron chi connectivity index (χ4n) is 4.72. The summed E-state index contributed by atoms with van der Waals surface area (Å²) in [5.41, 5.74) is 2.96. The van der Waals surface area contributed by atoms with Crippen LogP contribution < -0.4 is 14.4 Å². The van der Waals surface area contributed by atoms with Crippen molar-refractivity contribution in [1.82, 2.24) is 15.2 Å². The Labute approximate surface area is 212 Å². The molecule has 8 nitrogen and oxygen atoms in total. The van der Waals surface area contributed by atoms with Crippen molar-refractivity contribution in [2.45, 2.75) is 37.8 Å². The maximum Gasteiger partial charge on any atom is 0.252 e. The van der Waals surface area contributed by atoms with Crippen LogP contribution >= 0.6 is 0 Å². The Hall–Kier alpha value is -3.17. The molecule has 5 rings (SSSR count). The van der Waals surface area contributed by atoms with Crippen molar-refractivity contribution < 1.29 is 17.9 Å². The number of likely N-dealkylation sites (tertiary alicyclic amines) is 1. The first-order chi connectivity index (χ1) is 17.1. The number of fused-ring (bicyclic) bond motifs is 1. The minimum Gasteiger partial charge on any atom is -0.492 e. The van der Waals surface area contributed by atoms with Gasteiger partial charge in [-0.25, -0.2) is 8.42 Å². The number of rotatable bonds is 8. The van der Waals surface area contributed by atoms with Crippen LogP contribution in [0.5, 0.6) is 5.75 Å². The van der Waals surface area contributed by atoms with Gasteiger partial charge in [-0.2, -0.15) is 0 Å². The first-order valence-corrected chi connectivity index (χ1v) is 14.0. The van der Waals surface area contributed by atoms with E-state index in [-0.39, 0.29) is 5.91 Å². The van der Waals surface area contributed by atoms with Crippen molar-refractivity contribution in [3.05, 3.63) is 65.4 Å². The van der Waals surface area contributed by atoms with Gasteiger partial charge in [0.05, 0.1) is 23.0 Å². The number of ether oxygens (including phenoxy) is 1. The van der Waals surface area contributed by atoms with Crippen LogP contribution in [0.15, 0.2) is 48.7 Å². The lowest BCUT2D eigenvalue weighted by Gasteiger charge is -2.37. The molecule has 2 heterocycles. The molecule has 1 aliphatic carbocycles. The smallest absolute Gasteiger partial charge is 0.252 e. The number of amides is 1. The van der Waals surface area contributed by atoms with Crippen molar-refractivity contribution in [3.63, 3.8) is 0 Å². The topological polar surface area (TPSA) is 91.8 Å². The highest BCUT2D eigenvalue weighted by atomic mass is 32.2. The number of hydrogen-bond donors (Lipinski definition) is 1. The van der Waals surface area contributed by atoms with Crippen LogP contribution in [0.4, 0.5) is 5.69 Å². The van der Waals surface area contributed by atoms with E-state index in [0.717, 1.165) is 42.3 Å². The second kappa shape index (κ2) is 9.05. The van der Waals surface area contributed by atoms with Gasteiger partial charge < -0.3 is 10.1 Å². The highest BCUT2D eigenvalue weighted by Crippen LogP contribution is 2.49. The monoisotopic (exact) mass is 508 g/mol. The minimum absolute atomic E-state index is 0.171. The quantitative estimate of drug-likeness (QED) is 0.501. The van der Waals surface area contributed by atoms with Crippen LogP contribution in [0.1, 0.15) is 40.7 Å². The van der Waals surface area contributed by atoms with Crippen LogP contribution in [0.25, 0.3) is 10.9 Å². The second-order valence-corrected chi connectivity index (χ2v) is 12.1. The SMILES string of the molecule is Cc1ccc(OCC2CCN2C)cc1C(=O)NC1(c2cc(N(C)S(C)(=O)=O)cc3ncccc23)CC1. The van der Waals surface area contributed by atoms with E-state index < -0.39 is 15.6 Å². The molecule has 0 bridgehead atoms. The van der Waals surface area contributed by atoms with Crippen LogP contribution in [0.3, 0.4) is 0 Å². The third-order valence-electron chi connectivity index (χ3n) is 7.52. The molecule has 9 heteroatoms. The molecule has 1 atom stereocenters. The van der Waals surface area contributed by atoms with E-state index in [2.05, 4.69) is 22.2 Å². The predicted molar refractivity (Wildman–Crippen MR) is 141 cm³/mol. The Morgan fingerprint density at radius 2 is 2.03 bits per heavy atom. The number of nitrogens with zero attached hydrogens (tertiary/aromatic N) is 3. The van der Waals surface area contributed by atoms with Gasteiger partial charge in [0.1, 0.15) is 12.4 Å². The summed E-state index contributed by atoms with van der Waals surface area (Å²) in [5.74, 6) is 0.512. The summed E-state index contributed by atoms with van der Waals surface area (Å²) in [4.78, 5) is 20.2. The molecule has 3 aromatic rings. The standard InChI is InChI=1S/C27H32N4O4S/c1-18-7-8-21(35-17-19-9-13-30(19)2)16-23(18)26(32)29-27(10-11-27)24-14-20(31(3)36(4,33)34)15-25-22(24)6-5-12-28-25/h5-8,12,14-16,19H,9-11,13,17H2,1-4H3,(H,29,32). The Kier molecular flexibility index (Phi) is 6.16. The van der Waals surface area contributed by atoms with Crippen LogP contribution in [0, 0.1) is 6.92 Å². The van der Waals surface area contributed by atoms with E-state index in [9.17, 15) is 13.2 Å². The number of sulfonamides is 1. The maximum atomic E-state index is 13.5. The summed E-state index contributed by atoms with van der Waals surface area (Å²) < 4.78 is 31.7. The average Bonchev–Trinajstić information content (AvgIpc) is 3.62. The highest BCUT2D eigenvalue weighted by molar-refractivity contribution is 7.92. The maximum absolute atomic E-state index is 13.5. The summed E-state index contributed by atoms with van der Waals surface area (Å²) in [7, 11) is 0.157. The molecule has 1 unspecified atom stereocenters. The number of pyridine rings is 1. The Morgan fingerprint density at radius 3 is 2.67 bits per heavy atom. The summed E-state index contributed by atoms with van der Waals surface area (Å²) >= 11 is 0. The zero-order valence-corrected chi connectivity index (χ0v) is 21.9. The second-order valence-electron chi connectivity index (χ2n) is 10.0. The Morgan fingerprint density at radius 1 is 1.25 bits per heavy atom. The van der Waals surface area contributed by atoms with E-state index in [0.29, 0.717) is 35.2 Å². The van der Waals surface area contributed by atoms with Crippen LogP contribution in [-0.4, -0.2) is 63.8 Å². The van der Waals surface area contributed by atoms with Crippen LogP contribution in [-0.2, 0) is 15.6 Å². The fourth-order valence-corrected chi connectivity index (χ4v) is 5.20. The molecule has 0 spiro atoms. The van der Waals surface area contributed by atoms with E-state index in [1.165, 1.54) is 17.6 Å². The number of likely N-dealkylation sites (N-methyl/N-ethyl adjacent to an activating group) is 1. The van der Waals surface area contributed by atoms with E-state index in [1.807, 2.05) is 43.3 Å². The Bertz CT molecular complexity index is 1430. The highest BCUT2D eigenvalue weighted by Gasteiger charge is 2.47. The Balaban J connectivity index is 1.44. The third-order valence-corrected chi connectivity index (χ3v) is 8.73. The van der Waals surface area contributed by atoms with E-state index in [1.54, 1.807) is 12.3 Å². The van der Waals surface area contributed by atoms with Gasteiger partial charge in [-0.05, 0) is 81.2 Å². The van der Waals surface area contributed by atoms with Crippen molar-refractivity contribution in [3.8, 4) is 5.75 Å². The van der Waals surface area contributed by atoms with Gasteiger partial charge in [-0.15, -0.1) is 0 Å². The van der Waals surface area contributed by atoms with Gasteiger partial charge >= 0.3 is 0 Å². The average molecular weight is 509 g/mol. The number of benzene rings is 2. The van der Waals surface area contributed by atoms with Crippen molar-refractivity contribution >= 4 is 32.5 Å². The van der Waals surface area contributed by atoms with Crippen molar-refractivity contribution in [2.24, 2.45) is 0 Å². The molecule has 36 heavy (non-hydrogen) atoms. The number of aryl methyl sites for hydroxylation is 1. The number of carbonyl (C=O) groups is 1. The summed E-state index contributed by atoms with van der Waals surface area (Å²) in [6, 6.07) is 13.5. The predicted octanol–water partition coefficient (Wildman–Crippen LogP) is 3.44. The number of nitrogens with one attached hydrogen (secondary N) is 1. The van der Waals surface area contributed by atoms with Gasteiger partial charge in [0.2, 0.25) is 10.0 Å². The van der Waals surface area contributed by atoms with Gasteiger partial charge in [-0.1, -0.05) is 12.1 Å². The van der Waals surface area contributed by atoms with Crippen molar-refractivity contribution in [1.29, 1.82) is 0 Å². The number of carbonyl (C=O) groups excluding carboxylic acids is 1. The number of hydrogen-bond acceptors (Lipinski definition) is 6. The van der Waals surface area contributed by atoms with E-state index in [4.69, 9.17) is 4.74 Å². The molecule has 1 saturated heterocycles. The van der Waals surface area contributed by atoms with Gasteiger partial charge in [-0.3, -0.25) is 19.0 Å². The normalized spacial score (nSPS) is 18.9. The van der Waals surface area contributed by atoms with Gasteiger partial charge in [0.15, 0.2) is 0 Å². The summed E-state index contributed by atoms with van der Waals surface area (Å²) in [5, 5.41) is 4.16. The summed E-state index contributed by atoms with van der Waals surface area (Å²) in [6.45, 7) is 3.60. The molecule has 1 N–H and O–H groups in total. The fraction of sp³-hybridized carbons (Fsp3) is 0.407. The lowest BCUT2D eigenvalue weighted by atomic mass is 9.97. The molecule has 2 fully saturated rings. The molecule has 1 aromatic heterocycles. The third kappa shape index (κ3) is 4.65. The van der Waals surface area contributed by atoms with E-state index >= 15 is 0 Å². The number of anilines is 1. The zero-order chi connectivity index (χ0) is 25.7. The van der Waals surface area contributed by atoms with Crippen molar-refractivity contribution in [2.75, 3.05) is 37.8 Å². The molecule has 190 valence electrons.